The number of anilines is 2. The molecule has 2 rings (SSSR count). The fourth-order valence-corrected chi connectivity index (χ4v) is 3.73. The van der Waals surface area contributed by atoms with Crippen LogP contribution in [-0.4, -0.2) is 27.4 Å². The molecule has 24 heavy (non-hydrogen) atoms. The van der Waals surface area contributed by atoms with Crippen LogP contribution in [0.4, 0.5) is 10.8 Å². The van der Waals surface area contributed by atoms with Crippen molar-refractivity contribution in [2.45, 2.75) is 25.1 Å². The van der Waals surface area contributed by atoms with Gasteiger partial charge in [-0.15, -0.1) is 10.2 Å². The van der Waals surface area contributed by atoms with E-state index in [-0.39, 0.29) is 17.2 Å². The molecule has 1 atom stereocenters. The number of carbonyl (C=O) groups excluding carboxylic acids is 1. The number of aromatic nitrogens is 2. The molecule has 1 heterocycles. The van der Waals surface area contributed by atoms with Crippen molar-refractivity contribution in [3.8, 4) is 6.07 Å². The van der Waals surface area contributed by atoms with Gasteiger partial charge < -0.3 is 10.7 Å². The molecule has 0 radical (unpaired) electrons. The Balaban J connectivity index is 2.00. The van der Waals surface area contributed by atoms with Crippen molar-refractivity contribution in [2.24, 2.45) is 5.92 Å². The quantitative estimate of drug-likeness (QED) is 0.577. The van der Waals surface area contributed by atoms with Crippen LogP contribution >= 0.6 is 23.1 Å². The fraction of sp³-hybridized carbons (Fsp3) is 0.312. The van der Waals surface area contributed by atoms with Crippen molar-refractivity contribution >= 4 is 45.4 Å². The highest BCUT2D eigenvalue weighted by Gasteiger charge is 2.20. The van der Waals surface area contributed by atoms with Crippen LogP contribution in [0.5, 0.6) is 0 Å². The maximum absolute atomic E-state index is 11.9. The number of aryl methyl sites for hydroxylation is 2. The molecule has 1 aromatic carbocycles. The Morgan fingerprint density at radius 2 is 2.08 bits per heavy atom. The minimum atomic E-state index is -0.974. The predicted octanol–water partition coefficient (Wildman–Crippen LogP) is 3.74. The van der Waals surface area contributed by atoms with Gasteiger partial charge >= 0.3 is 0 Å². The number of nitriles is 1. The van der Waals surface area contributed by atoms with Gasteiger partial charge in [0.25, 0.3) is 0 Å². The third-order valence-corrected chi connectivity index (χ3v) is 5.34. The van der Waals surface area contributed by atoms with E-state index < -0.39 is 5.92 Å². The summed E-state index contributed by atoms with van der Waals surface area (Å²) in [5, 5.41) is 28.4. The highest BCUT2D eigenvalue weighted by atomic mass is 32.2. The van der Waals surface area contributed by atoms with Gasteiger partial charge in [0, 0.05) is 11.4 Å². The van der Waals surface area contributed by atoms with Gasteiger partial charge in [-0.2, -0.15) is 5.26 Å². The van der Waals surface area contributed by atoms with Crippen LogP contribution in [0.15, 0.2) is 22.5 Å². The highest BCUT2D eigenvalue weighted by molar-refractivity contribution is 8.01. The number of hydrogen-bond donors (Lipinski definition) is 2. The van der Waals surface area contributed by atoms with E-state index in [2.05, 4.69) is 15.5 Å². The van der Waals surface area contributed by atoms with Gasteiger partial charge in [0.1, 0.15) is 5.92 Å². The van der Waals surface area contributed by atoms with E-state index in [0.29, 0.717) is 9.47 Å². The first-order chi connectivity index (χ1) is 11.4. The zero-order valence-electron chi connectivity index (χ0n) is 13.6. The molecule has 0 aliphatic carbocycles. The lowest BCUT2D eigenvalue weighted by molar-refractivity contribution is -0.117. The molecule has 0 saturated heterocycles. The lowest BCUT2D eigenvalue weighted by Crippen LogP contribution is -2.21. The van der Waals surface area contributed by atoms with E-state index in [1.54, 1.807) is 0 Å². The van der Waals surface area contributed by atoms with Gasteiger partial charge in [0.05, 0.1) is 11.8 Å². The second-order valence-electron chi connectivity index (χ2n) is 5.27. The molecule has 0 aliphatic rings. The molecule has 0 unspecified atom stereocenters. The zero-order chi connectivity index (χ0) is 17.7. The van der Waals surface area contributed by atoms with E-state index in [1.165, 1.54) is 30.0 Å². The summed E-state index contributed by atoms with van der Waals surface area (Å²) in [7, 11) is 0. The molecule has 0 aliphatic heterocycles. The number of ketones is 1. The molecule has 124 valence electrons. The largest absolute Gasteiger partial charge is 0.330 e. The lowest BCUT2D eigenvalue weighted by atomic mass is 10.0. The van der Waals surface area contributed by atoms with Crippen molar-refractivity contribution < 1.29 is 4.79 Å². The van der Waals surface area contributed by atoms with Gasteiger partial charge in [-0.25, -0.2) is 0 Å². The summed E-state index contributed by atoms with van der Waals surface area (Å²) in [6.07, 6.45) is 0. The number of benzene rings is 1. The topological polar surface area (TPSA) is 103 Å². The molecule has 2 aromatic rings. The smallest absolute Gasteiger partial charge is 0.210 e. The molecule has 0 saturated carbocycles. The van der Waals surface area contributed by atoms with E-state index in [1.807, 2.05) is 38.1 Å². The number of hydrogen-bond acceptors (Lipinski definition) is 8. The molecule has 1 aromatic heterocycles. The highest BCUT2D eigenvalue weighted by Crippen LogP contribution is 2.30. The minimum absolute atomic E-state index is 0.0674. The van der Waals surface area contributed by atoms with Crippen molar-refractivity contribution in [3.05, 3.63) is 29.3 Å². The summed E-state index contributed by atoms with van der Waals surface area (Å²) < 4.78 is 0.649. The molecule has 0 spiro atoms. The first-order valence-corrected chi connectivity index (χ1v) is 8.99. The van der Waals surface area contributed by atoms with E-state index in [0.717, 1.165) is 16.8 Å². The van der Waals surface area contributed by atoms with Crippen LogP contribution in [0, 0.1) is 36.5 Å². The number of nitrogens with zero attached hydrogens (tertiary/aromatic N) is 3. The zero-order valence-corrected chi connectivity index (χ0v) is 15.2. The second kappa shape index (κ2) is 8.04. The predicted molar refractivity (Wildman–Crippen MR) is 97.3 cm³/mol. The second-order valence-corrected chi connectivity index (χ2v) is 7.47. The number of para-hydroxylation sites is 1. The van der Waals surface area contributed by atoms with Gasteiger partial charge in [-0.05, 0) is 31.9 Å². The summed E-state index contributed by atoms with van der Waals surface area (Å²) in [6, 6.07) is 7.90. The monoisotopic (exact) mass is 359 g/mol. The number of Topliss-reactive ketones (excluding diaryl/α,β-unsaturated/α-hetero) is 1. The van der Waals surface area contributed by atoms with Gasteiger partial charge in [0.15, 0.2) is 10.1 Å². The number of carbonyl (C=O) groups is 1. The molecule has 2 N–H and O–H groups in total. The first kappa shape index (κ1) is 18.1. The average Bonchev–Trinajstić information content (AvgIpc) is 2.97. The maximum atomic E-state index is 11.9. The summed E-state index contributed by atoms with van der Waals surface area (Å²) in [5.74, 6) is -1.15. The molecular weight excluding hydrogens is 342 g/mol. The van der Waals surface area contributed by atoms with Crippen LogP contribution in [0.1, 0.15) is 18.1 Å². The van der Waals surface area contributed by atoms with E-state index >= 15 is 0 Å². The van der Waals surface area contributed by atoms with Crippen LogP contribution in [0.2, 0.25) is 0 Å². The van der Waals surface area contributed by atoms with Gasteiger partial charge in [0.2, 0.25) is 5.13 Å². The van der Waals surface area contributed by atoms with Crippen LogP contribution in [0.25, 0.3) is 0 Å². The SMILES string of the molecule is CC(=N)[C@H](C#N)C(=O)CSc1nnc(Nc2c(C)cccc2C)s1. The van der Waals surface area contributed by atoms with Crippen LogP contribution < -0.4 is 5.32 Å². The van der Waals surface area contributed by atoms with E-state index in [9.17, 15) is 4.79 Å². The van der Waals surface area contributed by atoms with Crippen LogP contribution in [0.3, 0.4) is 0 Å². The number of thioether (sulfide) groups is 1. The summed E-state index contributed by atoms with van der Waals surface area (Å²) in [4.78, 5) is 11.9. The van der Waals surface area contributed by atoms with Gasteiger partial charge in [-0.3, -0.25) is 4.79 Å². The van der Waals surface area contributed by atoms with Crippen molar-refractivity contribution in [1.82, 2.24) is 10.2 Å². The minimum Gasteiger partial charge on any atom is -0.330 e. The van der Waals surface area contributed by atoms with E-state index in [4.69, 9.17) is 10.7 Å². The van der Waals surface area contributed by atoms with Crippen molar-refractivity contribution in [2.75, 3.05) is 11.1 Å². The summed E-state index contributed by atoms with van der Waals surface area (Å²) in [6.45, 7) is 5.51. The Kier molecular flexibility index (Phi) is 6.06. The summed E-state index contributed by atoms with van der Waals surface area (Å²) in [5.41, 5.74) is 3.31. The lowest BCUT2D eigenvalue weighted by Gasteiger charge is -2.09. The third kappa shape index (κ3) is 4.40. The number of nitrogens with one attached hydrogen (secondary N) is 2. The molecular formula is C16H17N5OS2. The Bertz CT molecular complexity index is 789. The number of rotatable bonds is 7. The molecule has 6 nitrogen and oxygen atoms in total. The fourth-order valence-electron chi connectivity index (χ4n) is 2.06. The third-order valence-electron chi connectivity index (χ3n) is 3.34. The average molecular weight is 359 g/mol. The molecule has 8 heteroatoms. The Labute approximate surface area is 148 Å². The first-order valence-electron chi connectivity index (χ1n) is 7.19. The van der Waals surface area contributed by atoms with Crippen molar-refractivity contribution in [1.29, 1.82) is 10.7 Å². The summed E-state index contributed by atoms with van der Waals surface area (Å²) >= 11 is 2.59. The normalized spacial score (nSPS) is 11.6. The molecule has 0 fully saturated rings. The van der Waals surface area contributed by atoms with Crippen LogP contribution in [-0.2, 0) is 4.79 Å². The molecule has 0 bridgehead atoms. The van der Waals surface area contributed by atoms with Gasteiger partial charge in [-0.1, -0.05) is 41.3 Å². The Hall–Kier alpha value is -2.24. The van der Waals surface area contributed by atoms with Crippen molar-refractivity contribution in [3.63, 3.8) is 0 Å². The maximum Gasteiger partial charge on any atom is 0.210 e. The Morgan fingerprint density at radius 1 is 1.42 bits per heavy atom. The molecule has 0 amide bonds. The standard InChI is InChI=1S/C16H17N5OS2/c1-9-5-4-6-10(2)14(9)19-15-20-21-16(24-15)23-8-13(22)12(7-17)11(3)18/h4-6,12,18H,8H2,1-3H3,(H,19,20)/t12-/m0/s1. The Morgan fingerprint density at radius 3 is 2.67 bits per heavy atom.